The lowest BCUT2D eigenvalue weighted by Gasteiger charge is -2.17. The molecule has 3 N–H and O–H groups in total. The van der Waals surface area contributed by atoms with Crippen molar-refractivity contribution in [3.63, 3.8) is 0 Å². The summed E-state index contributed by atoms with van der Waals surface area (Å²) in [5.74, 6) is 0.299. The number of aliphatic hydroxyl groups is 1. The van der Waals surface area contributed by atoms with Crippen molar-refractivity contribution in [2.75, 3.05) is 5.73 Å². The first-order valence-electron chi connectivity index (χ1n) is 5.66. The fourth-order valence-corrected chi connectivity index (χ4v) is 2.09. The van der Waals surface area contributed by atoms with Gasteiger partial charge in [0.05, 0.1) is 5.02 Å². The van der Waals surface area contributed by atoms with Gasteiger partial charge in [-0.1, -0.05) is 29.8 Å². The van der Waals surface area contributed by atoms with Crippen molar-refractivity contribution in [2.24, 2.45) is 0 Å². The van der Waals surface area contributed by atoms with Gasteiger partial charge < -0.3 is 10.8 Å². The van der Waals surface area contributed by atoms with Crippen molar-refractivity contribution in [1.29, 1.82) is 0 Å². The van der Waals surface area contributed by atoms with E-state index in [0.29, 0.717) is 16.4 Å². The minimum atomic E-state index is -0.809. The molecule has 0 aliphatic heterocycles. The number of aromatic nitrogens is 1. The fraction of sp³-hybridized carbons (Fsp3) is 0.214. The normalized spacial score (nSPS) is 12.4. The van der Waals surface area contributed by atoms with Gasteiger partial charge in [-0.15, -0.1) is 0 Å². The summed E-state index contributed by atoms with van der Waals surface area (Å²) in [4.78, 5) is 3.96. The van der Waals surface area contributed by atoms with E-state index in [1.54, 1.807) is 6.07 Å². The van der Waals surface area contributed by atoms with E-state index in [2.05, 4.69) is 4.98 Å². The van der Waals surface area contributed by atoms with Crippen LogP contribution >= 0.6 is 11.6 Å². The van der Waals surface area contributed by atoms with Gasteiger partial charge in [0.1, 0.15) is 11.9 Å². The molecule has 18 heavy (non-hydrogen) atoms. The first-order valence-corrected chi connectivity index (χ1v) is 6.03. The molecule has 0 spiro atoms. The molecule has 1 aromatic heterocycles. The van der Waals surface area contributed by atoms with Crippen LogP contribution < -0.4 is 5.73 Å². The Balaban J connectivity index is 2.51. The average molecular weight is 263 g/mol. The molecule has 4 heteroatoms. The second-order valence-corrected chi connectivity index (χ2v) is 4.76. The molecule has 1 heterocycles. The third-order valence-electron chi connectivity index (χ3n) is 3.15. The smallest absolute Gasteiger partial charge is 0.129 e. The summed E-state index contributed by atoms with van der Waals surface area (Å²) in [5.41, 5.74) is 9.32. The van der Waals surface area contributed by atoms with Crippen molar-refractivity contribution in [1.82, 2.24) is 4.98 Å². The number of nitrogen functional groups attached to an aromatic ring is 1. The van der Waals surface area contributed by atoms with Crippen molar-refractivity contribution < 1.29 is 5.11 Å². The topological polar surface area (TPSA) is 59.1 Å². The minimum absolute atomic E-state index is 0.299. The summed E-state index contributed by atoms with van der Waals surface area (Å²) >= 11 is 5.89. The fourth-order valence-electron chi connectivity index (χ4n) is 1.92. The van der Waals surface area contributed by atoms with Crippen LogP contribution in [0.15, 0.2) is 30.5 Å². The standard InChI is InChI=1S/C14H15ClN2O/c1-8-4-3-5-11(9(8)2)13(18)12-6-10(15)7-17-14(12)16/h3-7,13,18H,1-2H3,(H2,16,17). The molecule has 2 rings (SSSR count). The minimum Gasteiger partial charge on any atom is -0.384 e. The third kappa shape index (κ3) is 2.33. The molecule has 0 radical (unpaired) electrons. The van der Waals surface area contributed by atoms with E-state index in [1.807, 2.05) is 32.0 Å². The molecule has 94 valence electrons. The zero-order valence-electron chi connectivity index (χ0n) is 10.3. The highest BCUT2D eigenvalue weighted by Gasteiger charge is 2.17. The molecular formula is C14H15ClN2O. The Morgan fingerprint density at radius 2 is 2.00 bits per heavy atom. The number of nitrogens with zero attached hydrogens (tertiary/aromatic N) is 1. The maximum atomic E-state index is 10.4. The van der Waals surface area contributed by atoms with E-state index >= 15 is 0 Å². The van der Waals surface area contributed by atoms with Crippen LogP contribution in [0.4, 0.5) is 5.82 Å². The maximum absolute atomic E-state index is 10.4. The van der Waals surface area contributed by atoms with Gasteiger partial charge in [0, 0.05) is 11.8 Å². The molecular weight excluding hydrogens is 248 g/mol. The van der Waals surface area contributed by atoms with Crippen LogP contribution in [0.3, 0.4) is 0 Å². The second-order valence-electron chi connectivity index (χ2n) is 4.32. The zero-order valence-corrected chi connectivity index (χ0v) is 11.1. The number of benzene rings is 1. The molecule has 2 aromatic rings. The lowest BCUT2D eigenvalue weighted by molar-refractivity contribution is 0.220. The van der Waals surface area contributed by atoms with Crippen molar-refractivity contribution in [2.45, 2.75) is 20.0 Å². The molecule has 0 fully saturated rings. The van der Waals surface area contributed by atoms with Crippen LogP contribution in [-0.4, -0.2) is 10.1 Å². The van der Waals surface area contributed by atoms with Gasteiger partial charge in [0.2, 0.25) is 0 Å². The van der Waals surface area contributed by atoms with Crippen LogP contribution in [-0.2, 0) is 0 Å². The summed E-state index contributed by atoms with van der Waals surface area (Å²) in [6.07, 6.45) is 0.659. The van der Waals surface area contributed by atoms with E-state index in [4.69, 9.17) is 17.3 Å². The van der Waals surface area contributed by atoms with E-state index in [0.717, 1.165) is 16.7 Å². The summed E-state index contributed by atoms with van der Waals surface area (Å²) < 4.78 is 0. The number of hydrogen-bond acceptors (Lipinski definition) is 3. The van der Waals surface area contributed by atoms with Crippen LogP contribution in [0.1, 0.15) is 28.4 Å². The van der Waals surface area contributed by atoms with Crippen LogP contribution in [0, 0.1) is 13.8 Å². The van der Waals surface area contributed by atoms with E-state index in [1.165, 1.54) is 6.20 Å². The lowest BCUT2D eigenvalue weighted by atomic mass is 9.95. The predicted molar refractivity (Wildman–Crippen MR) is 73.6 cm³/mol. The number of hydrogen-bond donors (Lipinski definition) is 2. The van der Waals surface area contributed by atoms with Crippen molar-refractivity contribution >= 4 is 17.4 Å². The van der Waals surface area contributed by atoms with Crippen molar-refractivity contribution in [3.05, 3.63) is 57.7 Å². The maximum Gasteiger partial charge on any atom is 0.129 e. The summed E-state index contributed by atoms with van der Waals surface area (Å²) in [7, 11) is 0. The molecule has 3 nitrogen and oxygen atoms in total. The van der Waals surface area contributed by atoms with E-state index in [-0.39, 0.29) is 0 Å². The van der Waals surface area contributed by atoms with Crippen LogP contribution in [0.25, 0.3) is 0 Å². The number of aryl methyl sites for hydroxylation is 1. The Labute approximate surface area is 111 Å². The Morgan fingerprint density at radius 1 is 1.28 bits per heavy atom. The molecule has 0 saturated carbocycles. The van der Waals surface area contributed by atoms with Gasteiger partial charge in [-0.05, 0) is 36.6 Å². The Bertz CT molecular complexity index is 582. The molecule has 0 bridgehead atoms. The molecule has 0 amide bonds. The zero-order chi connectivity index (χ0) is 13.3. The number of pyridine rings is 1. The van der Waals surface area contributed by atoms with Crippen molar-refractivity contribution in [3.8, 4) is 0 Å². The highest BCUT2D eigenvalue weighted by Crippen LogP contribution is 2.30. The Hall–Kier alpha value is -1.58. The highest BCUT2D eigenvalue weighted by atomic mass is 35.5. The third-order valence-corrected chi connectivity index (χ3v) is 3.36. The number of halogens is 1. The quantitative estimate of drug-likeness (QED) is 0.875. The highest BCUT2D eigenvalue weighted by molar-refractivity contribution is 6.30. The molecule has 1 aromatic carbocycles. The molecule has 0 aliphatic rings. The van der Waals surface area contributed by atoms with Gasteiger partial charge in [0.25, 0.3) is 0 Å². The van der Waals surface area contributed by atoms with Crippen LogP contribution in [0.5, 0.6) is 0 Å². The average Bonchev–Trinajstić information content (AvgIpc) is 2.35. The molecule has 0 aliphatic carbocycles. The largest absolute Gasteiger partial charge is 0.384 e. The molecule has 1 unspecified atom stereocenters. The Kier molecular flexibility index (Phi) is 3.55. The predicted octanol–water partition coefficient (Wildman–Crippen LogP) is 3.02. The number of rotatable bonds is 2. The van der Waals surface area contributed by atoms with Crippen LogP contribution in [0.2, 0.25) is 5.02 Å². The van der Waals surface area contributed by atoms with Gasteiger partial charge in [-0.3, -0.25) is 0 Å². The van der Waals surface area contributed by atoms with Gasteiger partial charge >= 0.3 is 0 Å². The summed E-state index contributed by atoms with van der Waals surface area (Å²) in [5, 5.41) is 10.9. The van der Waals surface area contributed by atoms with Gasteiger partial charge in [-0.25, -0.2) is 4.98 Å². The molecule has 1 atom stereocenters. The monoisotopic (exact) mass is 262 g/mol. The summed E-state index contributed by atoms with van der Waals surface area (Å²) in [6, 6.07) is 7.45. The van der Waals surface area contributed by atoms with Gasteiger partial charge in [-0.2, -0.15) is 0 Å². The second kappa shape index (κ2) is 4.96. The molecule has 0 saturated heterocycles. The SMILES string of the molecule is Cc1cccc(C(O)c2cc(Cl)cnc2N)c1C. The number of nitrogens with two attached hydrogens (primary N) is 1. The van der Waals surface area contributed by atoms with E-state index < -0.39 is 6.10 Å². The lowest BCUT2D eigenvalue weighted by Crippen LogP contribution is -2.07. The number of anilines is 1. The number of aliphatic hydroxyl groups excluding tert-OH is 1. The first kappa shape index (κ1) is 12.9. The Morgan fingerprint density at radius 3 is 2.72 bits per heavy atom. The first-order chi connectivity index (χ1) is 8.50. The van der Waals surface area contributed by atoms with E-state index in [9.17, 15) is 5.11 Å². The van der Waals surface area contributed by atoms with Gasteiger partial charge in [0.15, 0.2) is 0 Å². The summed E-state index contributed by atoms with van der Waals surface area (Å²) in [6.45, 7) is 3.98.